The van der Waals surface area contributed by atoms with Crippen LogP contribution in [0.25, 0.3) is 0 Å². The maximum absolute atomic E-state index is 12.0. The molecule has 1 aromatic heterocycles. The number of carbonyl (C=O) groups is 2. The van der Waals surface area contributed by atoms with Crippen LogP contribution < -0.4 is 16.4 Å². The fraction of sp³-hybridized carbons (Fsp3) is 0.643. The second kappa shape index (κ2) is 7.10. The van der Waals surface area contributed by atoms with Crippen molar-refractivity contribution in [3.05, 3.63) is 12.4 Å². The smallest absolute Gasteiger partial charge is 0.319 e. The van der Waals surface area contributed by atoms with E-state index in [1.54, 1.807) is 6.20 Å². The molecule has 0 unspecified atom stereocenters. The Morgan fingerprint density at radius 1 is 1.43 bits per heavy atom. The van der Waals surface area contributed by atoms with E-state index in [0.717, 1.165) is 19.3 Å². The van der Waals surface area contributed by atoms with E-state index in [9.17, 15) is 9.59 Å². The lowest BCUT2D eigenvalue weighted by molar-refractivity contribution is -0.118. The van der Waals surface area contributed by atoms with E-state index >= 15 is 0 Å². The number of hydrogen-bond donors (Lipinski definition) is 3. The quantitative estimate of drug-likeness (QED) is 0.765. The van der Waals surface area contributed by atoms with E-state index in [4.69, 9.17) is 5.73 Å². The summed E-state index contributed by atoms with van der Waals surface area (Å²) in [5, 5.41) is 9.74. The van der Waals surface area contributed by atoms with Crippen LogP contribution in [0.3, 0.4) is 0 Å². The van der Waals surface area contributed by atoms with E-state index in [2.05, 4.69) is 22.7 Å². The van der Waals surface area contributed by atoms with Crippen molar-refractivity contribution in [2.75, 3.05) is 5.32 Å². The number of urea groups is 1. The molecule has 0 bridgehead atoms. The number of amides is 3. The van der Waals surface area contributed by atoms with Crippen LogP contribution in [0.15, 0.2) is 12.4 Å². The lowest BCUT2D eigenvalue weighted by Crippen LogP contribution is -2.43. The van der Waals surface area contributed by atoms with Crippen LogP contribution in [0.1, 0.15) is 39.0 Å². The maximum atomic E-state index is 12.0. The molecule has 116 valence electrons. The van der Waals surface area contributed by atoms with Gasteiger partial charge in [-0.25, -0.2) is 4.79 Å². The molecule has 0 aliphatic heterocycles. The summed E-state index contributed by atoms with van der Waals surface area (Å²) in [6.45, 7) is 2.17. The number of anilines is 1. The third kappa shape index (κ3) is 4.47. The standard InChI is InChI=1S/C14H23N5O2/c1-2-10-5-3-4-6-12(10)18-14(21)17-11-7-16-19(8-11)9-13(15)20/h7-8,10,12H,2-6,9H2,1H3,(H2,15,20)(H2,17,18,21)/t10-,12-/m1/s1. The van der Waals surface area contributed by atoms with Crippen molar-refractivity contribution in [1.82, 2.24) is 15.1 Å². The highest BCUT2D eigenvalue weighted by Gasteiger charge is 2.25. The minimum absolute atomic E-state index is 0.00380. The highest BCUT2D eigenvalue weighted by molar-refractivity contribution is 5.89. The van der Waals surface area contributed by atoms with Gasteiger partial charge in [-0.3, -0.25) is 9.48 Å². The number of hydrogen-bond acceptors (Lipinski definition) is 3. The molecule has 1 saturated carbocycles. The minimum atomic E-state index is -0.470. The van der Waals surface area contributed by atoms with Gasteiger partial charge in [0.15, 0.2) is 0 Å². The second-order valence-electron chi connectivity index (χ2n) is 5.55. The summed E-state index contributed by atoms with van der Waals surface area (Å²) in [7, 11) is 0. The second-order valence-corrected chi connectivity index (χ2v) is 5.55. The molecule has 2 atom stereocenters. The summed E-state index contributed by atoms with van der Waals surface area (Å²) in [4.78, 5) is 22.8. The van der Waals surface area contributed by atoms with E-state index in [1.165, 1.54) is 23.7 Å². The van der Waals surface area contributed by atoms with Crippen molar-refractivity contribution in [3.63, 3.8) is 0 Å². The summed E-state index contributed by atoms with van der Waals surface area (Å²) >= 11 is 0. The molecule has 1 aliphatic rings. The van der Waals surface area contributed by atoms with Gasteiger partial charge in [0.2, 0.25) is 5.91 Å². The molecule has 7 nitrogen and oxygen atoms in total. The molecule has 1 heterocycles. The Morgan fingerprint density at radius 3 is 2.90 bits per heavy atom. The Bertz CT molecular complexity index is 499. The Labute approximate surface area is 124 Å². The molecule has 1 aliphatic carbocycles. The lowest BCUT2D eigenvalue weighted by atomic mass is 9.83. The van der Waals surface area contributed by atoms with Crippen LogP contribution in [-0.4, -0.2) is 27.8 Å². The molecule has 21 heavy (non-hydrogen) atoms. The average molecular weight is 293 g/mol. The zero-order valence-electron chi connectivity index (χ0n) is 12.3. The predicted molar refractivity (Wildman–Crippen MR) is 79.6 cm³/mol. The molecular formula is C14H23N5O2. The number of primary amides is 1. The van der Waals surface area contributed by atoms with E-state index in [-0.39, 0.29) is 18.6 Å². The zero-order valence-corrected chi connectivity index (χ0v) is 12.3. The largest absolute Gasteiger partial charge is 0.368 e. The SMILES string of the molecule is CC[C@@H]1CCCC[C@H]1NC(=O)Nc1cnn(CC(N)=O)c1. The normalized spacial score (nSPS) is 21.8. The van der Waals surface area contributed by atoms with E-state index in [0.29, 0.717) is 11.6 Å². The fourth-order valence-electron chi connectivity index (χ4n) is 2.90. The number of nitrogens with one attached hydrogen (secondary N) is 2. The first-order valence-electron chi connectivity index (χ1n) is 7.46. The number of rotatable bonds is 5. The third-order valence-electron chi connectivity index (χ3n) is 3.96. The fourth-order valence-corrected chi connectivity index (χ4v) is 2.90. The van der Waals surface area contributed by atoms with Gasteiger partial charge >= 0.3 is 6.03 Å². The van der Waals surface area contributed by atoms with Crippen molar-refractivity contribution in [2.45, 2.75) is 51.6 Å². The monoisotopic (exact) mass is 293 g/mol. The Kier molecular flexibility index (Phi) is 5.19. The van der Waals surface area contributed by atoms with Gasteiger partial charge < -0.3 is 16.4 Å². The van der Waals surface area contributed by atoms with Crippen molar-refractivity contribution < 1.29 is 9.59 Å². The molecule has 7 heteroatoms. The summed E-state index contributed by atoms with van der Waals surface area (Å²) in [6.07, 6.45) is 8.80. The topological polar surface area (TPSA) is 102 Å². The average Bonchev–Trinajstić information content (AvgIpc) is 2.85. The molecular weight excluding hydrogens is 270 g/mol. The van der Waals surface area contributed by atoms with E-state index in [1.807, 2.05) is 0 Å². The van der Waals surface area contributed by atoms with Crippen LogP contribution >= 0.6 is 0 Å². The van der Waals surface area contributed by atoms with Gasteiger partial charge in [0.25, 0.3) is 0 Å². The van der Waals surface area contributed by atoms with Crippen molar-refractivity contribution in [1.29, 1.82) is 0 Å². The van der Waals surface area contributed by atoms with Crippen LogP contribution in [-0.2, 0) is 11.3 Å². The van der Waals surface area contributed by atoms with Gasteiger partial charge in [-0.15, -0.1) is 0 Å². The molecule has 0 aromatic carbocycles. The van der Waals surface area contributed by atoms with Gasteiger partial charge in [0.1, 0.15) is 6.54 Å². The summed E-state index contributed by atoms with van der Waals surface area (Å²) in [5.74, 6) is 0.0872. The van der Waals surface area contributed by atoms with Crippen molar-refractivity contribution in [2.24, 2.45) is 11.7 Å². The molecule has 0 spiro atoms. The molecule has 4 N–H and O–H groups in total. The molecule has 0 radical (unpaired) electrons. The Balaban J connectivity index is 1.86. The maximum Gasteiger partial charge on any atom is 0.319 e. The first-order chi connectivity index (χ1) is 10.1. The van der Waals surface area contributed by atoms with Gasteiger partial charge in [-0.2, -0.15) is 5.10 Å². The molecule has 3 amide bonds. The first-order valence-corrected chi connectivity index (χ1v) is 7.46. The lowest BCUT2D eigenvalue weighted by Gasteiger charge is -2.31. The molecule has 0 saturated heterocycles. The van der Waals surface area contributed by atoms with Crippen LogP contribution in [0.2, 0.25) is 0 Å². The highest BCUT2D eigenvalue weighted by Crippen LogP contribution is 2.26. The van der Waals surface area contributed by atoms with Crippen molar-refractivity contribution >= 4 is 17.6 Å². The number of carbonyl (C=O) groups excluding carboxylic acids is 2. The molecule has 1 aromatic rings. The van der Waals surface area contributed by atoms with Gasteiger partial charge in [-0.05, 0) is 18.8 Å². The predicted octanol–water partition coefficient (Wildman–Crippen LogP) is 1.46. The first kappa shape index (κ1) is 15.3. The van der Waals surface area contributed by atoms with Gasteiger partial charge in [0, 0.05) is 12.2 Å². The van der Waals surface area contributed by atoms with Crippen LogP contribution in [0.5, 0.6) is 0 Å². The molecule has 2 rings (SSSR count). The zero-order chi connectivity index (χ0) is 15.2. The van der Waals surface area contributed by atoms with Crippen LogP contribution in [0.4, 0.5) is 10.5 Å². The minimum Gasteiger partial charge on any atom is -0.368 e. The van der Waals surface area contributed by atoms with E-state index < -0.39 is 5.91 Å². The van der Waals surface area contributed by atoms with Gasteiger partial charge in [0.05, 0.1) is 11.9 Å². The third-order valence-corrected chi connectivity index (χ3v) is 3.96. The number of nitrogens with zero attached hydrogens (tertiary/aromatic N) is 2. The van der Waals surface area contributed by atoms with Crippen molar-refractivity contribution in [3.8, 4) is 0 Å². The summed E-state index contributed by atoms with van der Waals surface area (Å²) < 4.78 is 1.40. The Morgan fingerprint density at radius 2 is 2.19 bits per heavy atom. The number of aromatic nitrogens is 2. The summed E-state index contributed by atoms with van der Waals surface area (Å²) in [6, 6.07) is 0.0170. The number of nitrogens with two attached hydrogens (primary N) is 1. The highest BCUT2D eigenvalue weighted by atomic mass is 16.2. The van der Waals surface area contributed by atoms with Crippen LogP contribution in [0, 0.1) is 5.92 Å². The Hall–Kier alpha value is -2.05. The molecule has 1 fully saturated rings. The van der Waals surface area contributed by atoms with Gasteiger partial charge in [-0.1, -0.05) is 26.2 Å². The summed E-state index contributed by atoms with van der Waals surface area (Å²) in [5.41, 5.74) is 5.64.